The van der Waals surface area contributed by atoms with E-state index in [1.54, 1.807) is 72.8 Å². The molecule has 2 heterocycles. The van der Waals surface area contributed by atoms with Gasteiger partial charge in [-0.2, -0.15) is 0 Å². The van der Waals surface area contributed by atoms with Crippen LogP contribution in [0.5, 0.6) is 0 Å². The van der Waals surface area contributed by atoms with Gasteiger partial charge in [0.2, 0.25) is 0 Å². The molecule has 12 heteroatoms. The first-order valence-corrected chi connectivity index (χ1v) is 15.4. The van der Waals surface area contributed by atoms with Crippen molar-refractivity contribution in [2.75, 3.05) is 6.61 Å². The Balaban J connectivity index is 1.44. The Morgan fingerprint density at radius 3 is 1.34 bits per heavy atom. The number of carbonyl (C=O) groups excluding carboxylic acids is 6. The molecular formula is C38H28O12. The molecule has 12 nitrogen and oxygen atoms in total. The van der Waals surface area contributed by atoms with Crippen molar-refractivity contribution >= 4 is 35.8 Å². The van der Waals surface area contributed by atoms with Crippen LogP contribution in [0.4, 0.5) is 0 Å². The second kappa shape index (κ2) is 15.2. The van der Waals surface area contributed by atoms with Crippen molar-refractivity contribution in [3.8, 4) is 0 Å². The Bertz CT molecular complexity index is 1910. The van der Waals surface area contributed by atoms with Crippen LogP contribution in [-0.4, -0.2) is 72.9 Å². The molecule has 0 aromatic heterocycles. The van der Waals surface area contributed by atoms with Gasteiger partial charge in [0, 0.05) is 6.08 Å². The topological polar surface area (TPSA) is 158 Å². The van der Waals surface area contributed by atoms with Crippen LogP contribution in [0.3, 0.4) is 0 Å². The Morgan fingerprint density at radius 1 is 0.520 bits per heavy atom. The average molecular weight is 677 g/mol. The lowest BCUT2D eigenvalue weighted by Crippen LogP contribution is -2.63. The van der Waals surface area contributed by atoms with Gasteiger partial charge in [-0.25, -0.2) is 28.8 Å². The van der Waals surface area contributed by atoms with Gasteiger partial charge < -0.3 is 28.4 Å². The second-order valence-electron chi connectivity index (χ2n) is 11.1. The van der Waals surface area contributed by atoms with E-state index in [1.807, 2.05) is 0 Å². The molecule has 6 rings (SSSR count). The summed E-state index contributed by atoms with van der Waals surface area (Å²) < 4.78 is 34.3. The summed E-state index contributed by atoms with van der Waals surface area (Å²) in [5.74, 6) is -5.57. The molecule has 0 saturated carbocycles. The number of rotatable bonds is 10. The van der Waals surface area contributed by atoms with Gasteiger partial charge in [0.15, 0.2) is 18.3 Å². The SMILES string of the molecule is O=C1C=C(C2O[C@H](COC(=O)c3ccccc3)[C@@H](OC(=O)c3ccccc3)[C@H](OC(=O)c3ccccc3)[C@@H]2OC(=O)c2ccccc2)C(=O)O1. The van der Waals surface area contributed by atoms with Crippen LogP contribution in [0, 0.1) is 0 Å². The minimum absolute atomic E-state index is 0.0928. The molecule has 4 aromatic carbocycles. The molecule has 0 amide bonds. The number of carbonyl (C=O) groups is 6. The molecule has 5 atom stereocenters. The maximum atomic E-state index is 13.6. The summed E-state index contributed by atoms with van der Waals surface area (Å²) in [5, 5.41) is 0. The number of cyclic esters (lactones) is 2. The highest BCUT2D eigenvalue weighted by molar-refractivity contribution is 6.09. The van der Waals surface area contributed by atoms with Gasteiger partial charge >= 0.3 is 35.8 Å². The Kier molecular flexibility index (Phi) is 10.2. The third kappa shape index (κ3) is 7.66. The third-order valence-electron chi connectivity index (χ3n) is 7.79. The van der Waals surface area contributed by atoms with Crippen molar-refractivity contribution in [3.63, 3.8) is 0 Å². The molecular weight excluding hydrogens is 648 g/mol. The molecule has 4 aromatic rings. The first-order valence-electron chi connectivity index (χ1n) is 15.4. The molecule has 1 saturated heterocycles. The van der Waals surface area contributed by atoms with E-state index in [0.29, 0.717) is 0 Å². The number of hydrogen-bond acceptors (Lipinski definition) is 12. The van der Waals surface area contributed by atoms with E-state index in [2.05, 4.69) is 0 Å². The summed E-state index contributed by atoms with van der Waals surface area (Å²) in [4.78, 5) is 78.8. The third-order valence-corrected chi connectivity index (χ3v) is 7.79. The highest BCUT2D eigenvalue weighted by Gasteiger charge is 2.56. The van der Waals surface area contributed by atoms with Gasteiger partial charge in [-0.3, -0.25) is 0 Å². The predicted molar refractivity (Wildman–Crippen MR) is 172 cm³/mol. The van der Waals surface area contributed by atoms with Crippen molar-refractivity contribution in [2.24, 2.45) is 0 Å². The number of benzene rings is 4. The van der Waals surface area contributed by atoms with Crippen LogP contribution < -0.4 is 0 Å². The maximum Gasteiger partial charge on any atom is 0.344 e. The van der Waals surface area contributed by atoms with E-state index in [1.165, 1.54) is 48.5 Å². The lowest BCUT2D eigenvalue weighted by Gasteiger charge is -2.44. The minimum Gasteiger partial charge on any atom is -0.459 e. The van der Waals surface area contributed by atoms with E-state index < -0.39 is 72.9 Å². The van der Waals surface area contributed by atoms with Gasteiger partial charge in [0.1, 0.15) is 18.8 Å². The van der Waals surface area contributed by atoms with E-state index in [-0.39, 0.29) is 27.8 Å². The highest BCUT2D eigenvalue weighted by Crippen LogP contribution is 2.35. The largest absolute Gasteiger partial charge is 0.459 e. The molecule has 1 unspecified atom stereocenters. The molecule has 0 spiro atoms. The maximum absolute atomic E-state index is 13.6. The van der Waals surface area contributed by atoms with E-state index in [9.17, 15) is 28.8 Å². The smallest absolute Gasteiger partial charge is 0.344 e. The van der Waals surface area contributed by atoms with Gasteiger partial charge in [-0.1, -0.05) is 72.8 Å². The summed E-state index contributed by atoms with van der Waals surface area (Å²) >= 11 is 0. The van der Waals surface area contributed by atoms with Gasteiger partial charge in [-0.15, -0.1) is 0 Å². The van der Waals surface area contributed by atoms with Gasteiger partial charge in [0.05, 0.1) is 27.8 Å². The Labute approximate surface area is 285 Å². The van der Waals surface area contributed by atoms with Gasteiger partial charge in [-0.05, 0) is 48.5 Å². The van der Waals surface area contributed by atoms with Crippen molar-refractivity contribution < 1.29 is 57.2 Å². The van der Waals surface area contributed by atoms with Crippen LogP contribution >= 0.6 is 0 Å². The van der Waals surface area contributed by atoms with Crippen LogP contribution in [0.2, 0.25) is 0 Å². The lowest BCUT2D eigenvalue weighted by atomic mass is 9.90. The van der Waals surface area contributed by atoms with Crippen LogP contribution in [0.15, 0.2) is 133 Å². The number of esters is 6. The molecule has 2 aliphatic rings. The fourth-order valence-corrected chi connectivity index (χ4v) is 5.38. The van der Waals surface area contributed by atoms with Crippen molar-refractivity contribution in [1.82, 2.24) is 0 Å². The van der Waals surface area contributed by atoms with Crippen molar-refractivity contribution in [3.05, 3.63) is 155 Å². The zero-order valence-electron chi connectivity index (χ0n) is 26.1. The number of ether oxygens (including phenoxy) is 6. The molecule has 1 fully saturated rings. The van der Waals surface area contributed by atoms with E-state index in [0.717, 1.165) is 6.08 Å². The van der Waals surface area contributed by atoms with Gasteiger partial charge in [0.25, 0.3) is 0 Å². The second-order valence-corrected chi connectivity index (χ2v) is 11.1. The molecule has 252 valence electrons. The molecule has 0 aliphatic carbocycles. The summed E-state index contributed by atoms with van der Waals surface area (Å²) in [6.07, 6.45) is -7.19. The molecule has 2 aliphatic heterocycles. The van der Waals surface area contributed by atoms with E-state index in [4.69, 9.17) is 28.4 Å². The quantitative estimate of drug-likeness (QED) is 0.133. The van der Waals surface area contributed by atoms with E-state index >= 15 is 0 Å². The fraction of sp³-hybridized carbons (Fsp3) is 0.158. The molecule has 0 bridgehead atoms. The lowest BCUT2D eigenvalue weighted by molar-refractivity contribution is -0.220. The van der Waals surface area contributed by atoms with Crippen LogP contribution in [0.25, 0.3) is 0 Å². The summed E-state index contributed by atoms with van der Waals surface area (Å²) in [7, 11) is 0. The Morgan fingerprint density at radius 2 is 0.920 bits per heavy atom. The average Bonchev–Trinajstić information content (AvgIpc) is 3.50. The number of hydrogen-bond donors (Lipinski definition) is 0. The van der Waals surface area contributed by atoms with Crippen molar-refractivity contribution in [2.45, 2.75) is 30.5 Å². The standard InChI is InChI=1S/C38H28O12/c39-29-21-27(38(44)47-29)30-32(49-36(42)25-17-9-3-10-18-25)33(50-37(43)26-19-11-4-12-20-26)31(48-35(41)24-15-7-2-8-16-24)28(46-30)22-45-34(40)23-13-5-1-6-14-23/h1-21,28,30-33H,22H2/t28-,30?,31-,32-,33+/m1/s1. The highest BCUT2D eigenvalue weighted by atomic mass is 16.7. The predicted octanol–water partition coefficient (Wildman–Crippen LogP) is 4.30. The van der Waals surface area contributed by atoms with Crippen molar-refractivity contribution in [1.29, 1.82) is 0 Å². The zero-order chi connectivity index (χ0) is 35.0. The normalized spacial score (nSPS) is 21.3. The zero-order valence-corrected chi connectivity index (χ0v) is 26.1. The summed E-state index contributed by atoms with van der Waals surface area (Å²) in [5.41, 5.74) is 0.142. The van der Waals surface area contributed by atoms with Crippen LogP contribution in [0.1, 0.15) is 41.4 Å². The first-order chi connectivity index (χ1) is 24.3. The minimum atomic E-state index is -1.70. The monoisotopic (exact) mass is 676 g/mol. The summed E-state index contributed by atoms with van der Waals surface area (Å²) in [6, 6.07) is 31.5. The Hall–Kier alpha value is -6.40. The molecule has 50 heavy (non-hydrogen) atoms. The molecule has 0 N–H and O–H groups in total. The molecule has 0 radical (unpaired) electrons. The first kappa shape index (κ1) is 33.5. The van der Waals surface area contributed by atoms with Crippen LogP contribution in [-0.2, 0) is 38.0 Å². The summed E-state index contributed by atoms with van der Waals surface area (Å²) in [6.45, 7) is -0.591. The fourth-order valence-electron chi connectivity index (χ4n) is 5.38.